The molecule has 1 aliphatic heterocycles. The highest BCUT2D eigenvalue weighted by molar-refractivity contribution is 6.25. The molecule has 152 valence electrons. The summed E-state index contributed by atoms with van der Waals surface area (Å²) < 4.78 is 3.71. The van der Waals surface area contributed by atoms with Crippen molar-refractivity contribution in [3.05, 3.63) is 94.8 Å². The van der Waals surface area contributed by atoms with Crippen molar-refractivity contribution in [2.75, 3.05) is 13.1 Å². The zero-order valence-electron chi connectivity index (χ0n) is 17.6. The summed E-state index contributed by atoms with van der Waals surface area (Å²) in [5.41, 5.74) is 3.13. The molecular weight excluding hydrogens is 384 g/mol. The van der Waals surface area contributed by atoms with Crippen LogP contribution < -0.4 is 0 Å². The number of benzene rings is 3. The number of fused-ring (bicyclic) bond motifs is 2. The summed E-state index contributed by atoms with van der Waals surface area (Å²) in [5.74, 6) is -0.169. The third-order valence-corrected chi connectivity index (χ3v) is 6.03. The van der Waals surface area contributed by atoms with Crippen LogP contribution >= 0.6 is 0 Å². The van der Waals surface area contributed by atoms with Crippen molar-refractivity contribution in [2.45, 2.75) is 26.2 Å². The number of hydrogen-bond acceptors (Lipinski definition) is 2. The molecule has 31 heavy (non-hydrogen) atoms. The predicted molar refractivity (Wildman–Crippen MR) is 120 cm³/mol. The highest BCUT2D eigenvalue weighted by Crippen LogP contribution is 2.29. The molecule has 4 heteroatoms. The van der Waals surface area contributed by atoms with Crippen LogP contribution in [0, 0.1) is 0 Å². The fourth-order valence-corrected chi connectivity index (χ4v) is 4.37. The lowest BCUT2D eigenvalue weighted by molar-refractivity contribution is -0.492. The Morgan fingerprint density at radius 1 is 0.742 bits per heavy atom. The molecule has 4 nitrogen and oxygen atoms in total. The molecule has 0 aromatic heterocycles. The lowest BCUT2D eigenvalue weighted by Crippen LogP contribution is -2.29. The number of carbonyl (C=O) groups is 2. The molecule has 0 amide bonds. The minimum atomic E-state index is -0.0878. The summed E-state index contributed by atoms with van der Waals surface area (Å²) in [6, 6.07) is 25.2. The van der Waals surface area contributed by atoms with E-state index in [0.29, 0.717) is 35.6 Å². The molecule has 2 aliphatic rings. The van der Waals surface area contributed by atoms with Crippen molar-refractivity contribution in [3.8, 4) is 0 Å². The first-order valence-corrected chi connectivity index (χ1v) is 10.9. The Morgan fingerprint density at radius 3 is 2.03 bits per heavy atom. The van der Waals surface area contributed by atoms with E-state index in [2.05, 4.69) is 43.3 Å². The van der Waals surface area contributed by atoms with Crippen LogP contribution in [0.4, 0.5) is 0 Å². The standard InChI is InChI=1S/C27H24N2O2/c1-2-3-15-28-18-29(16-14-19-12-13-20-8-4-5-9-21(20)17-19)25-24(28)26(30)22-10-6-7-11-23(22)27(25)31/h4-13,17H,2-3,14-16H2,1H3/q+2. The van der Waals surface area contributed by atoms with Gasteiger partial charge in [0.15, 0.2) is 13.1 Å². The summed E-state index contributed by atoms with van der Waals surface area (Å²) in [7, 11) is 0. The second-order valence-corrected chi connectivity index (χ2v) is 8.09. The van der Waals surface area contributed by atoms with Crippen molar-refractivity contribution in [2.24, 2.45) is 0 Å². The van der Waals surface area contributed by atoms with Gasteiger partial charge < -0.3 is 0 Å². The van der Waals surface area contributed by atoms with E-state index in [1.165, 1.54) is 16.3 Å². The van der Waals surface area contributed by atoms with Gasteiger partial charge in [-0.3, -0.25) is 9.59 Å². The first-order chi connectivity index (χ1) is 15.2. The highest BCUT2D eigenvalue weighted by Gasteiger charge is 2.50. The number of hydrogen-bond donors (Lipinski definition) is 0. The van der Waals surface area contributed by atoms with E-state index >= 15 is 0 Å². The van der Waals surface area contributed by atoms with Crippen LogP contribution in [0.1, 0.15) is 46.0 Å². The third-order valence-electron chi connectivity index (χ3n) is 6.03. The van der Waals surface area contributed by atoms with E-state index in [1.54, 1.807) is 12.1 Å². The number of carbonyl (C=O) groups excluding carboxylic acids is 2. The van der Waals surface area contributed by atoms with Crippen molar-refractivity contribution >= 4 is 28.3 Å². The summed E-state index contributed by atoms with van der Waals surface area (Å²) >= 11 is 0. The van der Waals surface area contributed by atoms with Gasteiger partial charge in [0.2, 0.25) is 0 Å². The zero-order chi connectivity index (χ0) is 21.4. The topological polar surface area (TPSA) is 40.2 Å². The minimum absolute atomic E-state index is 0.0815. The smallest absolute Gasteiger partial charge is 0.281 e. The summed E-state index contributed by atoms with van der Waals surface area (Å²) in [5, 5.41) is 2.42. The monoisotopic (exact) mass is 408 g/mol. The molecule has 3 aromatic carbocycles. The zero-order valence-corrected chi connectivity index (χ0v) is 17.6. The maximum Gasteiger partial charge on any atom is 0.490 e. The van der Waals surface area contributed by atoms with Crippen LogP contribution in [0.5, 0.6) is 0 Å². The highest BCUT2D eigenvalue weighted by atomic mass is 16.1. The van der Waals surface area contributed by atoms with Crippen molar-refractivity contribution in [1.29, 1.82) is 0 Å². The Labute approximate surface area is 181 Å². The average molecular weight is 409 g/mol. The van der Waals surface area contributed by atoms with Crippen molar-refractivity contribution in [1.82, 2.24) is 0 Å². The maximum atomic E-state index is 13.3. The van der Waals surface area contributed by atoms with E-state index < -0.39 is 0 Å². The molecular formula is C27H24N2O2+2. The molecule has 0 spiro atoms. The van der Waals surface area contributed by atoms with Gasteiger partial charge in [-0.05, 0) is 16.3 Å². The molecule has 5 rings (SSSR count). The molecule has 0 bridgehead atoms. The Morgan fingerprint density at radius 2 is 1.35 bits per heavy atom. The lowest BCUT2D eigenvalue weighted by Gasteiger charge is -2.11. The van der Waals surface area contributed by atoms with E-state index in [4.69, 9.17) is 0 Å². The van der Waals surface area contributed by atoms with Crippen LogP contribution in [-0.4, -0.2) is 39.8 Å². The molecule has 1 aliphatic carbocycles. The Kier molecular flexibility index (Phi) is 4.93. The minimum Gasteiger partial charge on any atom is -0.281 e. The van der Waals surface area contributed by atoms with Crippen LogP contribution in [0.25, 0.3) is 10.8 Å². The van der Waals surface area contributed by atoms with Gasteiger partial charge in [-0.2, -0.15) is 0 Å². The number of unbranched alkanes of at least 4 members (excludes halogenated alkanes) is 1. The van der Waals surface area contributed by atoms with Crippen LogP contribution in [-0.2, 0) is 6.42 Å². The van der Waals surface area contributed by atoms with Gasteiger partial charge in [-0.15, -0.1) is 0 Å². The Hall–Kier alpha value is -3.62. The largest absolute Gasteiger partial charge is 0.490 e. The summed E-state index contributed by atoms with van der Waals surface area (Å²) in [4.78, 5) is 26.6. The van der Waals surface area contributed by atoms with E-state index in [1.807, 2.05) is 33.4 Å². The second kappa shape index (κ2) is 7.90. The van der Waals surface area contributed by atoms with Gasteiger partial charge in [-0.25, -0.2) is 0 Å². The van der Waals surface area contributed by atoms with Crippen molar-refractivity contribution < 1.29 is 18.7 Å². The number of ketones is 2. The second-order valence-electron chi connectivity index (χ2n) is 8.09. The fourth-order valence-electron chi connectivity index (χ4n) is 4.37. The Bertz CT molecular complexity index is 1340. The van der Waals surface area contributed by atoms with E-state index in [9.17, 15) is 9.59 Å². The van der Waals surface area contributed by atoms with Gasteiger partial charge in [0, 0.05) is 24.0 Å². The SMILES string of the molecule is CCCC[N+]1=C=[N+](CCc2ccc3ccccc3c2)C2=C1C(=O)c1ccccc1C2=O. The quantitative estimate of drug-likeness (QED) is 0.556. The lowest BCUT2D eigenvalue weighted by atomic mass is 9.90. The summed E-state index contributed by atoms with van der Waals surface area (Å²) in [6.45, 7) is 3.40. The van der Waals surface area contributed by atoms with E-state index in [-0.39, 0.29) is 11.6 Å². The molecule has 3 aromatic rings. The molecule has 0 saturated carbocycles. The average Bonchev–Trinajstić information content (AvgIpc) is 3.18. The molecule has 0 unspecified atom stereocenters. The number of Topliss-reactive ketones (excluding diaryl/α,β-unsaturated/α-hetero) is 2. The van der Waals surface area contributed by atoms with Crippen LogP contribution in [0.3, 0.4) is 0 Å². The van der Waals surface area contributed by atoms with Gasteiger partial charge in [0.1, 0.15) is 0 Å². The number of nitrogens with zero attached hydrogens (tertiary/aromatic N) is 2. The fraction of sp³-hybridized carbons (Fsp3) is 0.222. The molecule has 0 atom stereocenters. The first kappa shape index (κ1) is 19.3. The van der Waals surface area contributed by atoms with Gasteiger partial charge in [0.05, 0.1) is 0 Å². The summed E-state index contributed by atoms with van der Waals surface area (Å²) in [6.07, 6.45) is 2.71. The predicted octanol–water partition coefficient (Wildman–Crippen LogP) is 4.69. The number of rotatable bonds is 6. The van der Waals surface area contributed by atoms with E-state index in [0.717, 1.165) is 19.3 Å². The molecule has 1 heterocycles. The molecule has 0 N–H and O–H groups in total. The maximum absolute atomic E-state index is 13.3. The van der Waals surface area contributed by atoms with Gasteiger partial charge in [0.25, 0.3) is 11.6 Å². The Balaban J connectivity index is 1.49. The first-order valence-electron chi connectivity index (χ1n) is 10.9. The number of allylic oxidation sites excluding steroid dienone is 2. The normalized spacial score (nSPS) is 15.1. The molecule has 0 fully saturated rings. The van der Waals surface area contributed by atoms with Gasteiger partial charge in [-0.1, -0.05) is 89.2 Å². The third kappa shape index (κ3) is 3.35. The van der Waals surface area contributed by atoms with Gasteiger partial charge >= 0.3 is 17.4 Å². The molecule has 0 saturated heterocycles. The van der Waals surface area contributed by atoms with Crippen LogP contribution in [0.2, 0.25) is 0 Å². The molecule has 0 radical (unpaired) electrons. The van der Waals surface area contributed by atoms with Crippen LogP contribution in [0.15, 0.2) is 78.1 Å². The van der Waals surface area contributed by atoms with Crippen molar-refractivity contribution in [3.63, 3.8) is 0 Å².